The summed E-state index contributed by atoms with van der Waals surface area (Å²) in [6.07, 6.45) is 0.463. The number of carbonyl (C=O) groups excluding carboxylic acids is 2. The van der Waals surface area contributed by atoms with E-state index in [9.17, 15) is 14.0 Å². The molecule has 8 heteroatoms. The van der Waals surface area contributed by atoms with E-state index in [0.717, 1.165) is 5.56 Å². The number of hydrogen-bond acceptors (Lipinski definition) is 3. The Bertz CT molecular complexity index is 866. The molecule has 0 aliphatic carbocycles. The van der Waals surface area contributed by atoms with Gasteiger partial charge in [-0.1, -0.05) is 54.4 Å². The lowest BCUT2D eigenvalue weighted by atomic mass is 10.1. The van der Waals surface area contributed by atoms with Crippen molar-refractivity contribution in [3.8, 4) is 0 Å². The number of carbonyl (C=O) groups is 2. The van der Waals surface area contributed by atoms with Crippen molar-refractivity contribution in [3.63, 3.8) is 0 Å². The molecule has 0 aliphatic heterocycles. The number of nitrogens with zero attached hydrogens (tertiary/aromatic N) is 1. The maximum absolute atomic E-state index is 13.8. The van der Waals surface area contributed by atoms with Crippen LogP contribution in [0.1, 0.15) is 24.5 Å². The molecule has 0 aromatic heterocycles. The summed E-state index contributed by atoms with van der Waals surface area (Å²) in [6.45, 7) is 2.07. The fourth-order valence-corrected chi connectivity index (χ4v) is 4.08. The second-order valence-electron chi connectivity index (χ2n) is 6.39. The van der Waals surface area contributed by atoms with Crippen LogP contribution in [0, 0.1) is 5.82 Å². The smallest absolute Gasteiger partial charge is 0.242 e. The highest BCUT2D eigenvalue weighted by molar-refractivity contribution is 7.99. The molecule has 2 amide bonds. The summed E-state index contributed by atoms with van der Waals surface area (Å²) in [7, 11) is 1.54. The van der Waals surface area contributed by atoms with E-state index in [1.54, 1.807) is 43.4 Å². The average molecular weight is 457 g/mol. The Balaban J connectivity index is 2.14. The Morgan fingerprint density at radius 3 is 2.52 bits per heavy atom. The fraction of sp³-hybridized carbons (Fsp3) is 0.333. The highest BCUT2D eigenvalue weighted by Gasteiger charge is 2.28. The number of thioether (sulfide) groups is 1. The van der Waals surface area contributed by atoms with Crippen molar-refractivity contribution in [1.29, 1.82) is 0 Å². The van der Waals surface area contributed by atoms with Gasteiger partial charge in [0.2, 0.25) is 11.8 Å². The molecule has 29 heavy (non-hydrogen) atoms. The van der Waals surface area contributed by atoms with Gasteiger partial charge >= 0.3 is 0 Å². The van der Waals surface area contributed by atoms with E-state index in [1.807, 2.05) is 6.92 Å². The third kappa shape index (κ3) is 6.63. The monoisotopic (exact) mass is 456 g/mol. The first-order valence-electron chi connectivity index (χ1n) is 9.13. The second-order valence-corrected chi connectivity index (χ2v) is 8.19. The lowest BCUT2D eigenvalue weighted by Gasteiger charge is -2.30. The molecule has 1 N–H and O–H groups in total. The molecule has 0 heterocycles. The summed E-state index contributed by atoms with van der Waals surface area (Å²) in [5.41, 5.74) is 1.31. The molecule has 2 aromatic rings. The fourth-order valence-electron chi connectivity index (χ4n) is 2.87. The van der Waals surface area contributed by atoms with Crippen molar-refractivity contribution in [2.45, 2.75) is 31.7 Å². The van der Waals surface area contributed by atoms with Gasteiger partial charge in [0, 0.05) is 19.3 Å². The minimum Gasteiger partial charge on any atom is -0.357 e. The summed E-state index contributed by atoms with van der Waals surface area (Å²) in [4.78, 5) is 26.8. The van der Waals surface area contributed by atoms with Crippen LogP contribution in [-0.2, 0) is 21.9 Å². The van der Waals surface area contributed by atoms with E-state index in [-0.39, 0.29) is 29.9 Å². The molecule has 0 bridgehead atoms. The van der Waals surface area contributed by atoms with Gasteiger partial charge in [0.1, 0.15) is 11.9 Å². The zero-order chi connectivity index (χ0) is 21.4. The zero-order valence-corrected chi connectivity index (χ0v) is 18.6. The standard InChI is InChI=1S/C21H23Cl2FN2O2S/c1-3-19(21(28)25-2)26(11-14-8-9-16(22)17(23)10-14)20(27)13-29-12-15-6-4-5-7-18(15)24/h4-10,19H,3,11-13H2,1-2H3,(H,25,28). The summed E-state index contributed by atoms with van der Waals surface area (Å²) in [5, 5.41) is 3.42. The van der Waals surface area contributed by atoms with Gasteiger partial charge in [0.15, 0.2) is 0 Å². The predicted molar refractivity (Wildman–Crippen MR) is 118 cm³/mol. The molecule has 156 valence electrons. The topological polar surface area (TPSA) is 49.4 Å². The Labute approximate surface area is 184 Å². The number of rotatable bonds is 9. The van der Waals surface area contributed by atoms with Crippen molar-refractivity contribution in [2.75, 3.05) is 12.8 Å². The van der Waals surface area contributed by atoms with Gasteiger partial charge in [-0.3, -0.25) is 9.59 Å². The van der Waals surface area contributed by atoms with Gasteiger partial charge in [-0.2, -0.15) is 0 Å². The number of hydrogen-bond donors (Lipinski definition) is 1. The average Bonchev–Trinajstić information content (AvgIpc) is 2.71. The van der Waals surface area contributed by atoms with E-state index in [0.29, 0.717) is 27.8 Å². The van der Waals surface area contributed by atoms with Crippen molar-refractivity contribution >= 4 is 46.8 Å². The summed E-state index contributed by atoms with van der Waals surface area (Å²) < 4.78 is 13.8. The molecule has 0 aliphatic rings. The Hall–Kier alpha value is -1.76. The maximum atomic E-state index is 13.8. The van der Waals surface area contributed by atoms with Crippen LogP contribution in [0.15, 0.2) is 42.5 Å². The number of benzene rings is 2. The van der Waals surface area contributed by atoms with E-state index in [4.69, 9.17) is 23.2 Å². The van der Waals surface area contributed by atoms with Crippen LogP contribution >= 0.6 is 35.0 Å². The number of nitrogens with one attached hydrogen (secondary N) is 1. The van der Waals surface area contributed by atoms with Gasteiger partial charge < -0.3 is 10.2 Å². The van der Waals surface area contributed by atoms with E-state index in [1.165, 1.54) is 22.7 Å². The Morgan fingerprint density at radius 2 is 1.90 bits per heavy atom. The van der Waals surface area contributed by atoms with Gasteiger partial charge in [0.25, 0.3) is 0 Å². The number of likely N-dealkylation sites (N-methyl/N-ethyl adjacent to an activating group) is 1. The van der Waals surface area contributed by atoms with Crippen LogP contribution in [0.25, 0.3) is 0 Å². The Kier molecular flexibility index (Phi) is 9.27. The van der Waals surface area contributed by atoms with Crippen LogP contribution in [-0.4, -0.2) is 35.6 Å². The SMILES string of the molecule is CCC(C(=O)NC)N(Cc1ccc(Cl)c(Cl)c1)C(=O)CSCc1ccccc1F. The van der Waals surface area contributed by atoms with E-state index < -0.39 is 6.04 Å². The molecule has 0 saturated heterocycles. The van der Waals surface area contributed by atoms with Crippen molar-refractivity contribution < 1.29 is 14.0 Å². The van der Waals surface area contributed by atoms with Crippen LogP contribution in [0.2, 0.25) is 10.0 Å². The molecule has 0 fully saturated rings. The van der Waals surface area contributed by atoms with Crippen LogP contribution in [0.4, 0.5) is 4.39 Å². The normalized spacial score (nSPS) is 11.8. The summed E-state index contributed by atoms with van der Waals surface area (Å²) in [5.74, 6) is -0.233. The van der Waals surface area contributed by atoms with E-state index >= 15 is 0 Å². The Morgan fingerprint density at radius 1 is 1.17 bits per heavy atom. The quantitative estimate of drug-likeness (QED) is 0.582. The molecule has 0 spiro atoms. The van der Waals surface area contributed by atoms with Crippen LogP contribution < -0.4 is 5.32 Å². The highest BCUT2D eigenvalue weighted by atomic mass is 35.5. The van der Waals surface area contributed by atoms with Gasteiger partial charge in [0.05, 0.1) is 15.8 Å². The first-order chi connectivity index (χ1) is 13.9. The number of halogens is 3. The van der Waals surface area contributed by atoms with Crippen LogP contribution in [0.5, 0.6) is 0 Å². The lowest BCUT2D eigenvalue weighted by molar-refractivity contribution is -0.139. The molecule has 0 saturated carbocycles. The highest BCUT2D eigenvalue weighted by Crippen LogP contribution is 2.24. The molecular formula is C21H23Cl2FN2O2S. The second kappa shape index (κ2) is 11.4. The lowest BCUT2D eigenvalue weighted by Crippen LogP contribution is -2.48. The van der Waals surface area contributed by atoms with Crippen molar-refractivity contribution in [1.82, 2.24) is 10.2 Å². The van der Waals surface area contributed by atoms with Crippen molar-refractivity contribution in [2.24, 2.45) is 0 Å². The van der Waals surface area contributed by atoms with Crippen molar-refractivity contribution in [3.05, 3.63) is 69.5 Å². The first-order valence-corrected chi connectivity index (χ1v) is 11.0. The minimum absolute atomic E-state index is 0.128. The van der Waals surface area contributed by atoms with Crippen LogP contribution in [0.3, 0.4) is 0 Å². The molecule has 0 radical (unpaired) electrons. The molecule has 2 rings (SSSR count). The van der Waals surface area contributed by atoms with E-state index in [2.05, 4.69) is 5.32 Å². The summed E-state index contributed by atoms with van der Waals surface area (Å²) in [6, 6.07) is 11.0. The zero-order valence-electron chi connectivity index (χ0n) is 16.3. The molecule has 2 aromatic carbocycles. The first kappa shape index (κ1) is 23.5. The molecule has 4 nitrogen and oxygen atoms in total. The summed E-state index contributed by atoms with van der Waals surface area (Å²) >= 11 is 13.4. The minimum atomic E-state index is -0.615. The molecular weight excluding hydrogens is 434 g/mol. The molecule has 1 atom stereocenters. The third-order valence-corrected chi connectivity index (χ3v) is 6.12. The predicted octanol–water partition coefficient (Wildman–Crippen LogP) is 4.92. The molecule has 1 unspecified atom stereocenters. The van der Waals surface area contributed by atoms with Gasteiger partial charge in [-0.15, -0.1) is 11.8 Å². The maximum Gasteiger partial charge on any atom is 0.242 e. The van der Waals surface area contributed by atoms with Gasteiger partial charge in [-0.25, -0.2) is 4.39 Å². The largest absolute Gasteiger partial charge is 0.357 e. The number of amides is 2. The third-order valence-electron chi connectivity index (χ3n) is 4.41. The van der Waals surface area contributed by atoms with Gasteiger partial charge in [-0.05, 0) is 35.7 Å².